The van der Waals surface area contributed by atoms with Crippen LogP contribution < -0.4 is 10.7 Å². The first-order valence-corrected chi connectivity index (χ1v) is 7.21. The third kappa shape index (κ3) is 2.42. The van der Waals surface area contributed by atoms with Crippen molar-refractivity contribution >= 4 is 29.2 Å². The number of benzene rings is 1. The van der Waals surface area contributed by atoms with Gasteiger partial charge in [0, 0.05) is 10.6 Å². The van der Waals surface area contributed by atoms with Crippen molar-refractivity contribution in [2.45, 2.75) is 5.03 Å². The van der Waals surface area contributed by atoms with E-state index in [9.17, 15) is 10.5 Å². The van der Waals surface area contributed by atoms with Gasteiger partial charge in [0.1, 0.15) is 23.3 Å². The fourth-order valence-corrected chi connectivity index (χ4v) is 2.59. The number of thioether (sulfide) groups is 1. The average molecular weight is 302 g/mol. The van der Waals surface area contributed by atoms with Gasteiger partial charge in [-0.15, -0.1) is 0 Å². The monoisotopic (exact) mass is 301 g/mol. The number of aromatic nitrogens is 1. The van der Waals surface area contributed by atoms with Crippen molar-refractivity contribution in [1.82, 2.24) is 0 Å². The van der Waals surface area contributed by atoms with Crippen molar-refractivity contribution < 1.29 is 4.98 Å². The number of nitrogen functional groups attached to an aromatic ring is 1. The number of rotatable bonds is 2. The van der Waals surface area contributed by atoms with Gasteiger partial charge in [0.25, 0.3) is 5.82 Å². The van der Waals surface area contributed by atoms with Gasteiger partial charge in [-0.1, -0.05) is 35.5 Å². The number of H-pyrrole nitrogens is 1. The predicted molar refractivity (Wildman–Crippen MR) is 79.1 cm³/mol. The largest absolute Gasteiger partial charge is 0.289 e. The second-order valence-electron chi connectivity index (χ2n) is 3.93. The molecule has 1 heterocycles. The Balaban J connectivity index is 2.85. The summed E-state index contributed by atoms with van der Waals surface area (Å²) in [4.78, 5) is 2.89. The number of nitrogens with zero attached hydrogens (tertiary/aromatic N) is 2. The highest BCUT2D eigenvalue weighted by Crippen LogP contribution is 2.33. The zero-order valence-electron chi connectivity index (χ0n) is 10.6. The molecule has 0 unspecified atom stereocenters. The maximum absolute atomic E-state index is 9.40. The summed E-state index contributed by atoms with van der Waals surface area (Å²) in [6, 6.07) is 11.2. The molecular formula is C14H10ClN4S+. The van der Waals surface area contributed by atoms with Crippen LogP contribution in [-0.2, 0) is 0 Å². The Bertz CT molecular complexity index is 742. The number of nitrogens with two attached hydrogens (primary N) is 1. The fraction of sp³-hybridized carbons (Fsp3) is 0.0714. The SMILES string of the molecule is CSc1[nH+]c(N)c(C#N)c(-c2ccc(Cl)cc2)c1C#N. The number of halogens is 1. The first-order valence-electron chi connectivity index (χ1n) is 5.61. The number of nitrogens with one attached hydrogen (secondary N) is 1. The van der Waals surface area contributed by atoms with Crippen molar-refractivity contribution in [3.05, 3.63) is 40.4 Å². The lowest BCUT2D eigenvalue weighted by Gasteiger charge is -2.09. The molecule has 0 spiro atoms. The lowest BCUT2D eigenvalue weighted by atomic mass is 9.97. The number of anilines is 1. The van der Waals surface area contributed by atoms with E-state index in [4.69, 9.17) is 17.3 Å². The van der Waals surface area contributed by atoms with E-state index in [2.05, 4.69) is 17.1 Å². The number of aromatic amines is 1. The maximum atomic E-state index is 9.40. The van der Waals surface area contributed by atoms with Crippen molar-refractivity contribution in [1.29, 1.82) is 10.5 Å². The Morgan fingerprint density at radius 1 is 1.15 bits per heavy atom. The van der Waals surface area contributed by atoms with Crippen molar-refractivity contribution in [2.24, 2.45) is 0 Å². The Labute approximate surface area is 125 Å². The molecule has 0 atom stereocenters. The van der Waals surface area contributed by atoms with E-state index < -0.39 is 0 Å². The Kier molecular flexibility index (Phi) is 4.14. The van der Waals surface area contributed by atoms with Crippen LogP contribution in [0.5, 0.6) is 0 Å². The lowest BCUT2D eigenvalue weighted by molar-refractivity contribution is -0.410. The predicted octanol–water partition coefficient (Wildman–Crippen LogP) is 2.87. The van der Waals surface area contributed by atoms with Crippen LogP contribution in [0, 0.1) is 22.7 Å². The Morgan fingerprint density at radius 3 is 2.25 bits per heavy atom. The normalized spacial score (nSPS) is 9.80. The molecule has 0 saturated heterocycles. The van der Waals surface area contributed by atoms with Gasteiger partial charge in [-0.25, -0.2) is 4.98 Å². The van der Waals surface area contributed by atoms with Crippen LogP contribution in [0.1, 0.15) is 11.1 Å². The van der Waals surface area contributed by atoms with Crippen LogP contribution >= 0.6 is 23.4 Å². The number of hydrogen-bond acceptors (Lipinski definition) is 4. The Morgan fingerprint density at radius 2 is 1.75 bits per heavy atom. The summed E-state index contributed by atoms with van der Waals surface area (Å²) in [6.07, 6.45) is 1.84. The summed E-state index contributed by atoms with van der Waals surface area (Å²) in [6.45, 7) is 0. The summed E-state index contributed by atoms with van der Waals surface area (Å²) in [5.74, 6) is 0.251. The molecular weight excluding hydrogens is 292 g/mol. The van der Waals surface area contributed by atoms with Crippen molar-refractivity contribution in [3.8, 4) is 23.3 Å². The van der Waals surface area contributed by atoms with Gasteiger partial charge in [-0.05, 0) is 24.0 Å². The van der Waals surface area contributed by atoms with E-state index in [0.29, 0.717) is 21.2 Å². The molecule has 98 valence electrons. The fourth-order valence-electron chi connectivity index (χ4n) is 1.90. The molecule has 0 radical (unpaired) electrons. The van der Waals surface area contributed by atoms with E-state index in [1.54, 1.807) is 24.3 Å². The van der Waals surface area contributed by atoms with Crippen molar-refractivity contribution in [2.75, 3.05) is 12.0 Å². The third-order valence-corrected chi connectivity index (χ3v) is 3.77. The van der Waals surface area contributed by atoms with Crippen LogP contribution in [0.4, 0.5) is 5.82 Å². The number of hydrogen-bond donors (Lipinski definition) is 1. The third-order valence-electron chi connectivity index (χ3n) is 2.81. The molecule has 0 aliphatic heterocycles. The molecule has 1 aromatic heterocycles. The first-order chi connectivity index (χ1) is 9.62. The van der Waals surface area contributed by atoms with Gasteiger partial charge < -0.3 is 0 Å². The molecule has 0 aliphatic rings. The molecule has 0 saturated carbocycles. The first kappa shape index (κ1) is 14.2. The van der Waals surface area contributed by atoms with Crippen LogP contribution in [0.25, 0.3) is 11.1 Å². The topological polar surface area (TPSA) is 87.7 Å². The highest BCUT2D eigenvalue weighted by molar-refractivity contribution is 7.98. The molecule has 0 aliphatic carbocycles. The smallest absolute Gasteiger partial charge is 0.286 e. The molecule has 3 N–H and O–H groups in total. The van der Waals surface area contributed by atoms with E-state index in [0.717, 1.165) is 5.56 Å². The van der Waals surface area contributed by atoms with Gasteiger partial charge in [-0.2, -0.15) is 10.5 Å². The van der Waals surface area contributed by atoms with Gasteiger partial charge in [0.05, 0.1) is 0 Å². The van der Waals surface area contributed by atoms with Crippen LogP contribution in [0.3, 0.4) is 0 Å². The zero-order valence-corrected chi connectivity index (χ0v) is 12.1. The van der Waals surface area contributed by atoms with Gasteiger partial charge in [-0.3, -0.25) is 5.73 Å². The van der Waals surface area contributed by atoms with Crippen LogP contribution in [0.2, 0.25) is 5.02 Å². The highest BCUT2D eigenvalue weighted by atomic mass is 35.5. The second-order valence-corrected chi connectivity index (χ2v) is 5.18. The van der Waals surface area contributed by atoms with E-state index in [1.165, 1.54) is 11.8 Å². The van der Waals surface area contributed by atoms with E-state index in [1.807, 2.05) is 6.26 Å². The average Bonchev–Trinajstić information content (AvgIpc) is 2.46. The minimum atomic E-state index is 0.251. The van der Waals surface area contributed by atoms with Gasteiger partial charge in [0.2, 0.25) is 0 Å². The molecule has 4 nitrogen and oxygen atoms in total. The lowest BCUT2D eigenvalue weighted by Crippen LogP contribution is -2.18. The zero-order chi connectivity index (χ0) is 14.7. The van der Waals surface area contributed by atoms with Crippen LogP contribution in [-0.4, -0.2) is 6.26 Å². The molecule has 2 rings (SSSR count). The van der Waals surface area contributed by atoms with Crippen molar-refractivity contribution in [3.63, 3.8) is 0 Å². The molecule has 6 heteroatoms. The second kappa shape index (κ2) is 5.83. The summed E-state index contributed by atoms with van der Waals surface area (Å²) in [7, 11) is 0. The van der Waals surface area contributed by atoms with Gasteiger partial charge >= 0.3 is 0 Å². The molecule has 20 heavy (non-hydrogen) atoms. The van der Waals surface area contributed by atoms with E-state index in [-0.39, 0.29) is 11.4 Å². The molecule has 1 aromatic carbocycles. The summed E-state index contributed by atoms with van der Waals surface area (Å²) < 4.78 is 0. The summed E-state index contributed by atoms with van der Waals surface area (Å²) in [5.41, 5.74) is 7.81. The van der Waals surface area contributed by atoms with E-state index >= 15 is 0 Å². The van der Waals surface area contributed by atoms with Crippen LogP contribution in [0.15, 0.2) is 29.3 Å². The number of pyridine rings is 1. The molecule has 0 fully saturated rings. The summed E-state index contributed by atoms with van der Waals surface area (Å²) >= 11 is 7.24. The van der Waals surface area contributed by atoms with Gasteiger partial charge in [0.15, 0.2) is 5.03 Å². The highest BCUT2D eigenvalue weighted by Gasteiger charge is 2.22. The molecule has 0 amide bonds. The minimum Gasteiger partial charge on any atom is -0.286 e. The quantitative estimate of drug-likeness (QED) is 0.864. The molecule has 2 aromatic rings. The Hall–Kier alpha value is -2.21. The number of nitriles is 2. The summed E-state index contributed by atoms with van der Waals surface area (Å²) in [5, 5.41) is 19.9. The minimum absolute atomic E-state index is 0.251. The standard InChI is InChI=1S/C14H9ClN4S/c1-20-14-11(7-17)12(10(6-16)13(18)19-14)8-2-4-9(15)5-3-8/h2-5H,1H3,(H2,18,19)/p+1. The maximum Gasteiger partial charge on any atom is 0.289 e. The molecule has 0 bridgehead atoms.